The summed E-state index contributed by atoms with van der Waals surface area (Å²) in [6.45, 7) is 3.04. The summed E-state index contributed by atoms with van der Waals surface area (Å²) in [7, 11) is -2.80. The third-order valence-corrected chi connectivity index (χ3v) is 6.57. The number of halogens is 1. The minimum atomic E-state index is -2.80. The highest BCUT2D eigenvalue weighted by Gasteiger charge is 2.16. The molecule has 1 aliphatic rings. The van der Waals surface area contributed by atoms with Crippen molar-refractivity contribution in [1.29, 1.82) is 0 Å². The predicted molar refractivity (Wildman–Crippen MR) is 123 cm³/mol. The van der Waals surface area contributed by atoms with Crippen LogP contribution in [0.4, 0.5) is 0 Å². The summed E-state index contributed by atoms with van der Waals surface area (Å²) in [5.74, 6) is 1.31. The summed E-state index contributed by atoms with van der Waals surface area (Å²) in [5.41, 5.74) is 2.47. The average Bonchev–Trinajstić information content (AvgIpc) is 3.08. The van der Waals surface area contributed by atoms with Gasteiger partial charge in [0, 0.05) is 10.6 Å². The van der Waals surface area contributed by atoms with Crippen molar-refractivity contribution in [2.45, 2.75) is 45.6 Å². The minimum absolute atomic E-state index is 0.181. The highest BCUT2D eigenvalue weighted by molar-refractivity contribution is 7.62. The Morgan fingerprint density at radius 1 is 1.19 bits per heavy atom. The SMILES string of the molecule is Cc1nc2ccc(C(=O)N=S(=O)=O)cc2n1Cc1ccc(OCC2CCCCC2)cc1Cl. The monoisotopic (exact) mass is 473 g/mol. The number of aryl methyl sites for hydroxylation is 1. The summed E-state index contributed by atoms with van der Waals surface area (Å²) in [4.78, 5) is 16.5. The van der Waals surface area contributed by atoms with Crippen LogP contribution in [0.3, 0.4) is 0 Å². The van der Waals surface area contributed by atoms with Crippen LogP contribution in [0.5, 0.6) is 5.75 Å². The van der Waals surface area contributed by atoms with E-state index in [0.29, 0.717) is 28.5 Å². The largest absolute Gasteiger partial charge is 0.493 e. The Hall–Kier alpha value is -2.71. The van der Waals surface area contributed by atoms with Crippen LogP contribution >= 0.6 is 11.6 Å². The molecule has 3 aromatic rings. The molecule has 0 radical (unpaired) electrons. The maximum Gasteiger partial charge on any atom is 0.319 e. The van der Waals surface area contributed by atoms with Crippen molar-refractivity contribution < 1.29 is 17.9 Å². The number of rotatable bonds is 6. The predicted octanol–water partition coefficient (Wildman–Crippen LogP) is 5.21. The van der Waals surface area contributed by atoms with E-state index in [2.05, 4.69) is 9.35 Å². The first-order valence-corrected chi connectivity index (χ1v) is 12.1. The molecule has 1 amide bonds. The Morgan fingerprint density at radius 3 is 2.69 bits per heavy atom. The number of nitrogens with zero attached hydrogens (tertiary/aromatic N) is 3. The number of amides is 1. The fourth-order valence-electron chi connectivity index (χ4n) is 4.18. The third-order valence-electron chi connectivity index (χ3n) is 5.91. The second kappa shape index (κ2) is 9.83. The fourth-order valence-corrected chi connectivity index (χ4v) is 4.65. The van der Waals surface area contributed by atoms with Gasteiger partial charge in [0.25, 0.3) is 5.91 Å². The number of carbonyl (C=O) groups is 1. The molecule has 1 heterocycles. The van der Waals surface area contributed by atoms with Crippen LogP contribution in [-0.4, -0.2) is 30.5 Å². The Kier molecular flexibility index (Phi) is 6.91. The number of fused-ring (bicyclic) bond motifs is 1. The van der Waals surface area contributed by atoms with Gasteiger partial charge < -0.3 is 9.30 Å². The van der Waals surface area contributed by atoms with Crippen LogP contribution in [0.2, 0.25) is 5.02 Å². The van der Waals surface area contributed by atoms with E-state index in [0.717, 1.165) is 23.7 Å². The number of benzene rings is 2. The summed E-state index contributed by atoms with van der Waals surface area (Å²) >= 11 is 6.56. The smallest absolute Gasteiger partial charge is 0.319 e. The van der Waals surface area contributed by atoms with Gasteiger partial charge in [-0.1, -0.05) is 41.3 Å². The van der Waals surface area contributed by atoms with Gasteiger partial charge in [0.15, 0.2) is 0 Å². The third kappa shape index (κ3) is 5.19. The van der Waals surface area contributed by atoms with Crippen molar-refractivity contribution >= 4 is 39.0 Å². The molecule has 0 N–H and O–H groups in total. The summed E-state index contributed by atoms with van der Waals surface area (Å²) in [6.07, 6.45) is 6.33. The van der Waals surface area contributed by atoms with Crippen molar-refractivity contribution in [3.05, 3.63) is 58.4 Å². The van der Waals surface area contributed by atoms with E-state index in [-0.39, 0.29) is 5.56 Å². The first kappa shape index (κ1) is 22.5. The molecule has 0 aliphatic heterocycles. The van der Waals surface area contributed by atoms with Crippen molar-refractivity contribution in [3.8, 4) is 5.75 Å². The standard InChI is InChI=1S/C23H24ClN3O4S/c1-15-25-21-10-8-17(23(28)26-32(29)30)11-22(21)27(15)13-18-7-9-19(12-20(18)24)31-14-16-5-3-2-4-6-16/h7-12,16H,2-6,13-14H2,1H3. The Bertz CT molecular complexity index is 1290. The van der Waals surface area contributed by atoms with E-state index in [4.69, 9.17) is 16.3 Å². The summed E-state index contributed by atoms with van der Waals surface area (Å²) in [5, 5.41) is 0.594. The number of hydrogen-bond donors (Lipinski definition) is 0. The molecule has 1 saturated carbocycles. The average molecular weight is 474 g/mol. The molecule has 4 rings (SSSR count). The van der Waals surface area contributed by atoms with Crippen LogP contribution in [0.1, 0.15) is 53.8 Å². The number of aromatic nitrogens is 2. The van der Waals surface area contributed by atoms with E-state index < -0.39 is 16.4 Å². The van der Waals surface area contributed by atoms with Gasteiger partial charge >= 0.3 is 10.5 Å². The Labute approximate surface area is 193 Å². The lowest BCUT2D eigenvalue weighted by Crippen LogP contribution is -2.15. The van der Waals surface area contributed by atoms with Crippen molar-refractivity contribution in [3.63, 3.8) is 0 Å². The van der Waals surface area contributed by atoms with E-state index in [1.807, 2.05) is 29.7 Å². The molecule has 0 spiro atoms. The zero-order valence-electron chi connectivity index (χ0n) is 17.8. The molecule has 0 saturated heterocycles. The van der Waals surface area contributed by atoms with Crippen LogP contribution < -0.4 is 4.74 Å². The topological polar surface area (TPSA) is 90.6 Å². The molecule has 2 aromatic carbocycles. The Balaban J connectivity index is 1.55. The van der Waals surface area contributed by atoms with Crippen LogP contribution in [0.25, 0.3) is 11.0 Å². The molecule has 0 unspecified atom stereocenters. The van der Waals surface area contributed by atoms with E-state index in [1.54, 1.807) is 12.1 Å². The van der Waals surface area contributed by atoms with Gasteiger partial charge in [-0.15, -0.1) is 0 Å². The maximum atomic E-state index is 12.0. The second-order valence-corrected chi connectivity index (χ2v) is 9.15. The zero-order chi connectivity index (χ0) is 22.7. The highest BCUT2D eigenvalue weighted by Crippen LogP contribution is 2.28. The highest BCUT2D eigenvalue weighted by atomic mass is 35.5. The maximum absolute atomic E-state index is 12.0. The molecular formula is C23H24ClN3O4S. The summed E-state index contributed by atoms with van der Waals surface area (Å²) in [6, 6.07) is 10.5. The lowest BCUT2D eigenvalue weighted by molar-refractivity contribution is 0.100. The molecule has 0 bridgehead atoms. The van der Waals surface area contributed by atoms with E-state index >= 15 is 0 Å². The lowest BCUT2D eigenvalue weighted by Gasteiger charge is -2.21. The van der Waals surface area contributed by atoms with Crippen molar-refractivity contribution in [2.24, 2.45) is 10.3 Å². The molecular weight excluding hydrogens is 450 g/mol. The van der Waals surface area contributed by atoms with Gasteiger partial charge in [-0.05, 0) is 61.6 Å². The minimum Gasteiger partial charge on any atom is -0.493 e. The second-order valence-electron chi connectivity index (χ2n) is 8.13. The first-order valence-electron chi connectivity index (χ1n) is 10.6. The zero-order valence-corrected chi connectivity index (χ0v) is 19.3. The van der Waals surface area contributed by atoms with Gasteiger partial charge in [0.1, 0.15) is 11.6 Å². The van der Waals surface area contributed by atoms with Gasteiger partial charge in [0.2, 0.25) is 0 Å². The molecule has 1 aliphatic carbocycles. The number of imidazole rings is 1. The van der Waals surface area contributed by atoms with Gasteiger partial charge in [0.05, 0.1) is 24.2 Å². The number of carbonyl (C=O) groups excluding carboxylic acids is 1. The van der Waals surface area contributed by atoms with Crippen LogP contribution in [0.15, 0.2) is 40.8 Å². The Morgan fingerprint density at radius 2 is 1.97 bits per heavy atom. The van der Waals surface area contributed by atoms with E-state index in [1.165, 1.54) is 38.2 Å². The summed E-state index contributed by atoms with van der Waals surface area (Å²) < 4.78 is 32.4. The van der Waals surface area contributed by atoms with Crippen LogP contribution in [-0.2, 0) is 17.0 Å². The molecule has 1 fully saturated rings. The lowest BCUT2D eigenvalue weighted by atomic mass is 9.90. The first-order chi connectivity index (χ1) is 15.4. The van der Waals surface area contributed by atoms with Gasteiger partial charge in [-0.25, -0.2) is 4.98 Å². The van der Waals surface area contributed by atoms with Crippen molar-refractivity contribution in [2.75, 3.05) is 6.61 Å². The van der Waals surface area contributed by atoms with Crippen molar-refractivity contribution in [1.82, 2.24) is 9.55 Å². The molecule has 168 valence electrons. The fraction of sp³-hybridized carbons (Fsp3) is 0.391. The normalized spacial score (nSPS) is 14.4. The van der Waals surface area contributed by atoms with Crippen LogP contribution in [0, 0.1) is 12.8 Å². The molecule has 7 nitrogen and oxygen atoms in total. The molecule has 1 aromatic heterocycles. The van der Waals surface area contributed by atoms with Gasteiger partial charge in [-0.2, -0.15) is 8.42 Å². The molecule has 9 heteroatoms. The number of hydrogen-bond acceptors (Lipinski definition) is 5. The number of ether oxygens (including phenoxy) is 1. The quantitative estimate of drug-likeness (QED) is 0.490. The van der Waals surface area contributed by atoms with Gasteiger partial charge in [-0.3, -0.25) is 4.79 Å². The van der Waals surface area contributed by atoms with E-state index in [9.17, 15) is 13.2 Å². The molecule has 0 atom stereocenters. The molecule has 32 heavy (non-hydrogen) atoms.